The molecule has 110 valence electrons. The molecule has 0 bridgehead atoms. The average molecular weight is 300 g/mol. The van der Waals surface area contributed by atoms with Gasteiger partial charge in [-0.1, -0.05) is 37.3 Å². The first-order valence-corrected chi connectivity index (χ1v) is 8.39. The fourth-order valence-electron chi connectivity index (χ4n) is 2.59. The lowest BCUT2D eigenvalue weighted by molar-refractivity contribution is 0.173. The SMILES string of the molecule is CC[C@@H](O)c1ccc(OCC2CSc3ccccc32)cc1. The van der Waals surface area contributed by atoms with E-state index in [9.17, 15) is 5.11 Å². The maximum Gasteiger partial charge on any atom is 0.119 e. The van der Waals surface area contributed by atoms with Gasteiger partial charge in [0.1, 0.15) is 5.75 Å². The normalized spacial score (nSPS) is 18.3. The van der Waals surface area contributed by atoms with Crippen molar-refractivity contribution in [2.75, 3.05) is 12.4 Å². The molecule has 0 saturated carbocycles. The zero-order chi connectivity index (χ0) is 14.7. The van der Waals surface area contributed by atoms with Gasteiger partial charge >= 0.3 is 0 Å². The van der Waals surface area contributed by atoms with Crippen molar-refractivity contribution < 1.29 is 9.84 Å². The first-order chi connectivity index (χ1) is 10.3. The molecule has 1 unspecified atom stereocenters. The average Bonchev–Trinajstić information content (AvgIpc) is 2.96. The lowest BCUT2D eigenvalue weighted by atomic mass is 10.0. The molecule has 0 radical (unpaired) electrons. The van der Waals surface area contributed by atoms with Crippen LogP contribution in [0.4, 0.5) is 0 Å². The van der Waals surface area contributed by atoms with Crippen LogP contribution >= 0.6 is 11.8 Å². The molecule has 1 heterocycles. The van der Waals surface area contributed by atoms with E-state index in [1.807, 2.05) is 43.0 Å². The molecule has 0 fully saturated rings. The lowest BCUT2D eigenvalue weighted by Crippen LogP contribution is -2.09. The molecule has 0 aromatic heterocycles. The molecule has 0 amide bonds. The number of ether oxygens (including phenoxy) is 1. The third kappa shape index (κ3) is 3.25. The minimum atomic E-state index is -0.378. The Morgan fingerprint density at radius 1 is 1.19 bits per heavy atom. The molecule has 0 saturated heterocycles. The number of benzene rings is 2. The van der Waals surface area contributed by atoms with Gasteiger partial charge in [-0.2, -0.15) is 0 Å². The van der Waals surface area contributed by atoms with E-state index in [1.54, 1.807) is 0 Å². The number of hydrogen-bond acceptors (Lipinski definition) is 3. The lowest BCUT2D eigenvalue weighted by Gasteiger charge is -2.14. The van der Waals surface area contributed by atoms with E-state index >= 15 is 0 Å². The molecule has 3 rings (SSSR count). The topological polar surface area (TPSA) is 29.5 Å². The molecule has 0 aliphatic carbocycles. The van der Waals surface area contributed by atoms with Gasteiger partial charge < -0.3 is 9.84 Å². The second kappa shape index (κ2) is 6.54. The summed E-state index contributed by atoms with van der Waals surface area (Å²) in [5, 5.41) is 9.79. The third-order valence-corrected chi connectivity index (χ3v) is 5.15. The summed E-state index contributed by atoms with van der Waals surface area (Å²) in [4.78, 5) is 1.38. The van der Waals surface area contributed by atoms with E-state index in [4.69, 9.17) is 4.74 Å². The minimum absolute atomic E-state index is 0.378. The van der Waals surface area contributed by atoms with Crippen LogP contribution in [0.1, 0.15) is 36.5 Å². The van der Waals surface area contributed by atoms with Crippen LogP contribution in [0.2, 0.25) is 0 Å². The summed E-state index contributed by atoms with van der Waals surface area (Å²) >= 11 is 1.91. The second-order valence-corrected chi connectivity index (χ2v) is 6.41. The summed E-state index contributed by atoms with van der Waals surface area (Å²) in [5.41, 5.74) is 2.35. The Hall–Kier alpha value is -1.45. The smallest absolute Gasteiger partial charge is 0.119 e. The first kappa shape index (κ1) is 14.5. The molecular formula is C18H20O2S. The predicted molar refractivity (Wildman–Crippen MR) is 87.1 cm³/mol. The number of thioether (sulfide) groups is 1. The van der Waals surface area contributed by atoms with E-state index in [2.05, 4.69) is 24.3 Å². The molecule has 0 spiro atoms. The quantitative estimate of drug-likeness (QED) is 0.887. The highest BCUT2D eigenvalue weighted by atomic mass is 32.2. The fourth-order valence-corrected chi connectivity index (χ4v) is 3.82. The molecular weight excluding hydrogens is 280 g/mol. The van der Waals surface area contributed by atoms with Crippen LogP contribution in [0.5, 0.6) is 5.75 Å². The van der Waals surface area contributed by atoms with Gasteiger partial charge in [-0.15, -0.1) is 11.8 Å². The van der Waals surface area contributed by atoms with Crippen molar-refractivity contribution in [3.63, 3.8) is 0 Å². The zero-order valence-corrected chi connectivity index (χ0v) is 13.0. The molecule has 3 heteroatoms. The van der Waals surface area contributed by atoms with Crippen molar-refractivity contribution >= 4 is 11.8 Å². The molecule has 2 aromatic carbocycles. The number of hydrogen-bond donors (Lipinski definition) is 1. The van der Waals surface area contributed by atoms with E-state index in [0.29, 0.717) is 12.5 Å². The zero-order valence-electron chi connectivity index (χ0n) is 12.2. The standard InChI is InChI=1S/C18H20O2S/c1-2-17(19)13-7-9-15(10-8-13)20-11-14-12-21-18-6-4-3-5-16(14)18/h3-10,14,17,19H,2,11-12H2,1H3/t14?,17-/m1/s1. The summed E-state index contributed by atoms with van der Waals surface area (Å²) in [6, 6.07) is 16.3. The maximum absolute atomic E-state index is 9.79. The molecule has 2 nitrogen and oxygen atoms in total. The number of aliphatic hydroxyl groups is 1. The highest BCUT2D eigenvalue weighted by Crippen LogP contribution is 2.39. The fraction of sp³-hybridized carbons (Fsp3) is 0.333. The van der Waals surface area contributed by atoms with Gasteiger partial charge in [-0.3, -0.25) is 0 Å². The Kier molecular flexibility index (Phi) is 4.51. The largest absolute Gasteiger partial charge is 0.493 e. The van der Waals surface area contributed by atoms with E-state index < -0.39 is 0 Å². The van der Waals surface area contributed by atoms with Crippen molar-refractivity contribution in [2.45, 2.75) is 30.3 Å². The molecule has 1 N–H and O–H groups in total. The van der Waals surface area contributed by atoms with Gasteiger partial charge in [0.15, 0.2) is 0 Å². The van der Waals surface area contributed by atoms with Crippen molar-refractivity contribution in [2.24, 2.45) is 0 Å². The van der Waals surface area contributed by atoms with Crippen LogP contribution in [0.15, 0.2) is 53.4 Å². The molecule has 2 aromatic rings. The summed E-state index contributed by atoms with van der Waals surface area (Å²) in [5.74, 6) is 2.43. The molecule has 21 heavy (non-hydrogen) atoms. The Morgan fingerprint density at radius 2 is 1.95 bits per heavy atom. The van der Waals surface area contributed by atoms with Gasteiger partial charge in [0.2, 0.25) is 0 Å². The predicted octanol–water partition coefficient (Wildman–Crippen LogP) is 4.40. The highest BCUT2D eigenvalue weighted by molar-refractivity contribution is 7.99. The Labute approximate surface area is 130 Å². The van der Waals surface area contributed by atoms with Crippen LogP contribution in [0.3, 0.4) is 0 Å². The summed E-state index contributed by atoms with van der Waals surface area (Å²) in [6.45, 7) is 2.68. The van der Waals surface area contributed by atoms with Gasteiger partial charge in [0.05, 0.1) is 12.7 Å². The van der Waals surface area contributed by atoms with E-state index in [0.717, 1.165) is 23.5 Å². The van der Waals surface area contributed by atoms with Crippen molar-refractivity contribution in [1.29, 1.82) is 0 Å². The van der Waals surface area contributed by atoms with Crippen LogP contribution in [0.25, 0.3) is 0 Å². The van der Waals surface area contributed by atoms with Crippen molar-refractivity contribution in [1.82, 2.24) is 0 Å². The van der Waals surface area contributed by atoms with Gasteiger partial charge in [0.25, 0.3) is 0 Å². The molecule has 1 aliphatic heterocycles. The van der Waals surface area contributed by atoms with Crippen LogP contribution in [0, 0.1) is 0 Å². The Balaban J connectivity index is 1.61. The van der Waals surface area contributed by atoms with Crippen LogP contribution in [-0.4, -0.2) is 17.5 Å². The van der Waals surface area contributed by atoms with E-state index in [1.165, 1.54) is 10.5 Å². The minimum Gasteiger partial charge on any atom is -0.493 e. The van der Waals surface area contributed by atoms with Crippen molar-refractivity contribution in [3.8, 4) is 5.75 Å². The number of aliphatic hydroxyl groups excluding tert-OH is 1. The highest BCUT2D eigenvalue weighted by Gasteiger charge is 2.23. The molecule has 2 atom stereocenters. The summed E-state index contributed by atoms with van der Waals surface area (Å²) < 4.78 is 5.92. The van der Waals surface area contributed by atoms with Crippen LogP contribution < -0.4 is 4.74 Å². The van der Waals surface area contributed by atoms with Gasteiger partial charge in [0, 0.05) is 16.6 Å². The first-order valence-electron chi connectivity index (χ1n) is 7.40. The summed E-state index contributed by atoms with van der Waals surface area (Å²) in [6.07, 6.45) is 0.355. The van der Waals surface area contributed by atoms with Gasteiger partial charge in [-0.25, -0.2) is 0 Å². The Bertz CT molecular complexity index is 594. The second-order valence-electron chi connectivity index (χ2n) is 5.35. The van der Waals surface area contributed by atoms with Crippen molar-refractivity contribution in [3.05, 3.63) is 59.7 Å². The summed E-state index contributed by atoms with van der Waals surface area (Å²) in [7, 11) is 0. The third-order valence-electron chi connectivity index (χ3n) is 3.90. The Morgan fingerprint density at radius 3 is 2.71 bits per heavy atom. The maximum atomic E-state index is 9.79. The number of fused-ring (bicyclic) bond motifs is 1. The van der Waals surface area contributed by atoms with Gasteiger partial charge in [-0.05, 0) is 35.7 Å². The molecule has 1 aliphatic rings. The number of rotatable bonds is 5. The van der Waals surface area contributed by atoms with Crippen LogP contribution in [-0.2, 0) is 0 Å². The van der Waals surface area contributed by atoms with E-state index in [-0.39, 0.29) is 6.10 Å². The monoisotopic (exact) mass is 300 g/mol.